The highest BCUT2D eigenvalue weighted by molar-refractivity contribution is 5.96. The van der Waals surface area contributed by atoms with Gasteiger partial charge in [-0.05, 0) is 17.7 Å². The van der Waals surface area contributed by atoms with Crippen LogP contribution in [0.3, 0.4) is 0 Å². The van der Waals surface area contributed by atoms with Gasteiger partial charge in [-0.25, -0.2) is 9.31 Å². The molecule has 0 unspecified atom stereocenters. The Labute approximate surface area is 131 Å². The van der Waals surface area contributed by atoms with Crippen molar-refractivity contribution in [1.29, 1.82) is 0 Å². The number of ether oxygens (including phenoxy) is 1. The van der Waals surface area contributed by atoms with Crippen LogP contribution in [0.15, 0.2) is 48.7 Å². The molecule has 1 aromatic carbocycles. The van der Waals surface area contributed by atoms with Crippen LogP contribution in [0, 0.1) is 0 Å². The summed E-state index contributed by atoms with van der Waals surface area (Å²) in [4.78, 5) is 27.9. The third-order valence-corrected chi connectivity index (χ3v) is 3.23. The standard InChI is InChI=1S/C16H14N4O3/c1-23-15(22)12-8-5-9-20-14(12)18-16(19-20)17-13(21)10-11-6-3-2-4-7-11/h2-9H,10H2,1H3,(H,17,19,21). The number of esters is 1. The maximum absolute atomic E-state index is 12.0. The molecule has 116 valence electrons. The van der Waals surface area contributed by atoms with Crippen LogP contribution in [0.1, 0.15) is 15.9 Å². The molecule has 0 saturated carbocycles. The van der Waals surface area contributed by atoms with Gasteiger partial charge >= 0.3 is 5.97 Å². The lowest BCUT2D eigenvalue weighted by atomic mass is 10.1. The van der Waals surface area contributed by atoms with Gasteiger partial charge in [-0.1, -0.05) is 30.3 Å². The number of aromatic nitrogens is 3. The van der Waals surface area contributed by atoms with Gasteiger partial charge in [-0.15, -0.1) is 5.10 Å². The lowest BCUT2D eigenvalue weighted by molar-refractivity contribution is -0.115. The summed E-state index contributed by atoms with van der Waals surface area (Å²) >= 11 is 0. The minimum atomic E-state index is -0.509. The van der Waals surface area contributed by atoms with Crippen molar-refractivity contribution in [2.75, 3.05) is 12.4 Å². The monoisotopic (exact) mass is 310 g/mol. The predicted molar refractivity (Wildman–Crippen MR) is 83.1 cm³/mol. The Kier molecular flexibility index (Phi) is 4.01. The fourth-order valence-corrected chi connectivity index (χ4v) is 2.18. The minimum absolute atomic E-state index is 0.141. The molecule has 7 nitrogen and oxygen atoms in total. The van der Waals surface area contributed by atoms with Gasteiger partial charge in [-0.2, -0.15) is 4.98 Å². The highest BCUT2D eigenvalue weighted by Gasteiger charge is 2.15. The normalized spacial score (nSPS) is 10.5. The second-order valence-corrected chi connectivity index (χ2v) is 4.83. The Bertz CT molecular complexity index is 858. The van der Waals surface area contributed by atoms with E-state index in [4.69, 9.17) is 4.74 Å². The number of nitrogens with one attached hydrogen (secondary N) is 1. The number of carbonyl (C=O) groups excluding carboxylic acids is 2. The highest BCUT2D eigenvalue weighted by Crippen LogP contribution is 2.12. The largest absolute Gasteiger partial charge is 0.465 e. The summed E-state index contributed by atoms with van der Waals surface area (Å²) in [5, 5.41) is 6.77. The van der Waals surface area contributed by atoms with Crippen LogP contribution in [0.2, 0.25) is 0 Å². The summed E-state index contributed by atoms with van der Waals surface area (Å²) in [7, 11) is 1.30. The van der Waals surface area contributed by atoms with Crippen molar-refractivity contribution in [2.24, 2.45) is 0 Å². The molecule has 23 heavy (non-hydrogen) atoms. The van der Waals surface area contributed by atoms with Crippen LogP contribution in [0.25, 0.3) is 5.65 Å². The van der Waals surface area contributed by atoms with Crippen molar-refractivity contribution < 1.29 is 14.3 Å². The van der Waals surface area contributed by atoms with Gasteiger partial charge in [0.2, 0.25) is 11.9 Å². The Morgan fingerprint density at radius 2 is 1.96 bits per heavy atom. The highest BCUT2D eigenvalue weighted by atomic mass is 16.5. The second kappa shape index (κ2) is 6.27. The number of amides is 1. The Hall–Kier alpha value is -3.22. The number of anilines is 1. The molecule has 2 aromatic heterocycles. The molecule has 0 aliphatic carbocycles. The van der Waals surface area contributed by atoms with Gasteiger partial charge in [0.05, 0.1) is 13.5 Å². The van der Waals surface area contributed by atoms with Crippen LogP contribution < -0.4 is 5.32 Å². The molecular formula is C16H14N4O3. The molecular weight excluding hydrogens is 296 g/mol. The van der Waals surface area contributed by atoms with Crippen molar-refractivity contribution in [2.45, 2.75) is 6.42 Å². The summed E-state index contributed by atoms with van der Waals surface area (Å²) in [6.07, 6.45) is 1.86. The molecule has 0 radical (unpaired) electrons. The van der Waals surface area contributed by atoms with Crippen molar-refractivity contribution in [3.63, 3.8) is 0 Å². The van der Waals surface area contributed by atoms with Crippen LogP contribution in [0.4, 0.5) is 5.95 Å². The van der Waals surface area contributed by atoms with E-state index in [1.165, 1.54) is 11.6 Å². The van der Waals surface area contributed by atoms with E-state index in [1.807, 2.05) is 30.3 Å². The van der Waals surface area contributed by atoms with E-state index in [1.54, 1.807) is 18.3 Å². The van der Waals surface area contributed by atoms with Crippen molar-refractivity contribution in [3.05, 3.63) is 59.8 Å². The average Bonchev–Trinajstić information content (AvgIpc) is 2.97. The Morgan fingerprint density at radius 3 is 2.70 bits per heavy atom. The molecule has 0 aliphatic heterocycles. The van der Waals surface area contributed by atoms with Crippen molar-refractivity contribution in [3.8, 4) is 0 Å². The molecule has 0 spiro atoms. The van der Waals surface area contributed by atoms with Crippen LogP contribution in [-0.4, -0.2) is 33.6 Å². The summed E-state index contributed by atoms with van der Waals surface area (Å²) in [5.74, 6) is -0.598. The number of rotatable bonds is 4. The summed E-state index contributed by atoms with van der Waals surface area (Å²) in [5.41, 5.74) is 1.50. The molecule has 3 aromatic rings. The van der Waals surface area contributed by atoms with Crippen LogP contribution in [-0.2, 0) is 16.0 Å². The zero-order valence-electron chi connectivity index (χ0n) is 12.4. The SMILES string of the molecule is COC(=O)c1cccn2nc(NC(=O)Cc3ccccc3)nc12. The molecule has 1 N–H and O–H groups in total. The Morgan fingerprint density at radius 1 is 1.17 bits per heavy atom. The smallest absolute Gasteiger partial charge is 0.341 e. The van der Waals surface area contributed by atoms with E-state index in [9.17, 15) is 9.59 Å². The molecule has 0 fully saturated rings. The minimum Gasteiger partial charge on any atom is -0.465 e. The van der Waals surface area contributed by atoms with E-state index >= 15 is 0 Å². The quantitative estimate of drug-likeness (QED) is 0.741. The number of nitrogens with zero attached hydrogens (tertiary/aromatic N) is 3. The lowest BCUT2D eigenvalue weighted by Gasteiger charge is -2.00. The zero-order valence-corrected chi connectivity index (χ0v) is 12.4. The van der Waals surface area contributed by atoms with E-state index in [0.717, 1.165) is 5.56 Å². The first-order chi connectivity index (χ1) is 11.2. The number of hydrogen-bond acceptors (Lipinski definition) is 5. The van der Waals surface area contributed by atoms with Crippen LogP contribution in [0.5, 0.6) is 0 Å². The van der Waals surface area contributed by atoms with Gasteiger partial charge in [0.25, 0.3) is 0 Å². The van der Waals surface area contributed by atoms with E-state index < -0.39 is 5.97 Å². The number of fused-ring (bicyclic) bond motifs is 1. The van der Waals surface area contributed by atoms with Crippen molar-refractivity contribution >= 4 is 23.5 Å². The maximum atomic E-state index is 12.0. The number of benzene rings is 1. The van der Waals surface area contributed by atoms with E-state index in [-0.39, 0.29) is 23.8 Å². The molecule has 1 amide bonds. The van der Waals surface area contributed by atoms with Gasteiger partial charge < -0.3 is 4.74 Å². The summed E-state index contributed by atoms with van der Waals surface area (Å²) in [6, 6.07) is 12.6. The first-order valence-electron chi connectivity index (χ1n) is 6.95. The number of methoxy groups -OCH3 is 1. The fourth-order valence-electron chi connectivity index (χ4n) is 2.18. The molecule has 7 heteroatoms. The zero-order chi connectivity index (χ0) is 16.2. The first kappa shape index (κ1) is 14.7. The second-order valence-electron chi connectivity index (χ2n) is 4.83. The lowest BCUT2D eigenvalue weighted by Crippen LogP contribution is -2.15. The number of pyridine rings is 1. The molecule has 0 saturated heterocycles. The third kappa shape index (κ3) is 3.18. The number of hydrogen-bond donors (Lipinski definition) is 1. The van der Waals surface area contributed by atoms with Crippen molar-refractivity contribution in [1.82, 2.24) is 14.6 Å². The van der Waals surface area contributed by atoms with E-state index in [2.05, 4.69) is 15.4 Å². The van der Waals surface area contributed by atoms with Gasteiger partial charge in [0.15, 0.2) is 5.65 Å². The average molecular weight is 310 g/mol. The van der Waals surface area contributed by atoms with Gasteiger partial charge in [-0.3, -0.25) is 10.1 Å². The van der Waals surface area contributed by atoms with Gasteiger partial charge in [0.1, 0.15) is 5.56 Å². The summed E-state index contributed by atoms with van der Waals surface area (Å²) in [6.45, 7) is 0. The van der Waals surface area contributed by atoms with Crippen LogP contribution >= 0.6 is 0 Å². The molecule has 0 atom stereocenters. The third-order valence-electron chi connectivity index (χ3n) is 3.23. The maximum Gasteiger partial charge on any atom is 0.341 e. The first-order valence-corrected chi connectivity index (χ1v) is 6.95. The molecule has 2 heterocycles. The predicted octanol–water partition coefficient (Wildman–Crippen LogP) is 1.70. The molecule has 3 rings (SSSR count). The van der Waals surface area contributed by atoms with E-state index in [0.29, 0.717) is 5.65 Å². The fraction of sp³-hybridized carbons (Fsp3) is 0.125. The Balaban J connectivity index is 1.81. The topological polar surface area (TPSA) is 85.6 Å². The van der Waals surface area contributed by atoms with Gasteiger partial charge in [0, 0.05) is 6.20 Å². The number of carbonyl (C=O) groups is 2. The molecule has 0 bridgehead atoms. The summed E-state index contributed by atoms with van der Waals surface area (Å²) < 4.78 is 6.13. The molecule has 0 aliphatic rings.